The highest BCUT2D eigenvalue weighted by molar-refractivity contribution is 5.14. The quantitative estimate of drug-likeness (QED) is 0.795. The molecule has 0 radical (unpaired) electrons. The lowest BCUT2D eigenvalue weighted by molar-refractivity contribution is 0.135. The van der Waals surface area contributed by atoms with Gasteiger partial charge in [-0.15, -0.1) is 0 Å². The third-order valence-corrected chi connectivity index (χ3v) is 3.76. The van der Waals surface area contributed by atoms with E-state index in [0.717, 1.165) is 32.5 Å². The van der Waals surface area contributed by atoms with Crippen LogP contribution >= 0.6 is 0 Å². The second-order valence-corrected chi connectivity index (χ2v) is 4.91. The summed E-state index contributed by atoms with van der Waals surface area (Å²) in [6.07, 6.45) is 2.14. The summed E-state index contributed by atoms with van der Waals surface area (Å²) < 4.78 is 0. The van der Waals surface area contributed by atoms with Crippen LogP contribution in [0.25, 0.3) is 0 Å². The molecule has 1 saturated heterocycles. The molecule has 2 unspecified atom stereocenters. The van der Waals surface area contributed by atoms with Gasteiger partial charge < -0.3 is 0 Å². The van der Waals surface area contributed by atoms with Crippen LogP contribution in [0.3, 0.4) is 0 Å². The average Bonchev–Trinajstić information content (AvgIpc) is 2.40. The number of nitriles is 1. The fourth-order valence-corrected chi connectivity index (χ4v) is 2.68. The molecule has 2 atom stereocenters. The number of rotatable bonds is 3. The molecule has 0 spiro atoms. The number of hydrogen-bond donors (Lipinski definition) is 0. The standard InChI is InChI=1S/C15H20N2/c1-2-14-12-17(9-8-15(14)10-16)11-13-6-4-3-5-7-13/h3-7,14-15H,2,8-9,11-12H2,1H3. The molecule has 0 bridgehead atoms. The first-order chi connectivity index (χ1) is 8.33. The predicted molar refractivity (Wildman–Crippen MR) is 69.2 cm³/mol. The highest BCUT2D eigenvalue weighted by Crippen LogP contribution is 2.26. The second-order valence-electron chi connectivity index (χ2n) is 4.91. The van der Waals surface area contributed by atoms with E-state index < -0.39 is 0 Å². The summed E-state index contributed by atoms with van der Waals surface area (Å²) in [6.45, 7) is 5.35. The van der Waals surface area contributed by atoms with Crippen LogP contribution in [0.2, 0.25) is 0 Å². The first kappa shape index (κ1) is 12.1. The maximum absolute atomic E-state index is 9.10. The van der Waals surface area contributed by atoms with Crippen molar-refractivity contribution in [1.82, 2.24) is 4.90 Å². The van der Waals surface area contributed by atoms with Gasteiger partial charge in [-0.3, -0.25) is 4.90 Å². The van der Waals surface area contributed by atoms with Crippen molar-refractivity contribution < 1.29 is 0 Å². The van der Waals surface area contributed by atoms with Gasteiger partial charge in [0.15, 0.2) is 0 Å². The van der Waals surface area contributed by atoms with E-state index in [0.29, 0.717) is 5.92 Å². The monoisotopic (exact) mass is 228 g/mol. The first-order valence-electron chi connectivity index (χ1n) is 6.49. The Kier molecular flexibility index (Phi) is 4.17. The highest BCUT2D eigenvalue weighted by atomic mass is 15.1. The lowest BCUT2D eigenvalue weighted by Crippen LogP contribution is -2.39. The van der Waals surface area contributed by atoms with Gasteiger partial charge in [-0.2, -0.15) is 5.26 Å². The molecule has 0 saturated carbocycles. The predicted octanol–water partition coefficient (Wildman–Crippen LogP) is 3.06. The summed E-state index contributed by atoms with van der Waals surface area (Å²) in [5, 5.41) is 9.10. The third kappa shape index (κ3) is 3.08. The topological polar surface area (TPSA) is 27.0 Å². The lowest BCUT2D eigenvalue weighted by Gasteiger charge is -2.35. The largest absolute Gasteiger partial charge is 0.299 e. The van der Waals surface area contributed by atoms with Crippen LogP contribution in [-0.2, 0) is 6.54 Å². The Labute approximate surface area is 104 Å². The van der Waals surface area contributed by atoms with Crippen molar-refractivity contribution in [3.63, 3.8) is 0 Å². The maximum Gasteiger partial charge on any atom is 0.0659 e. The average molecular weight is 228 g/mol. The van der Waals surface area contributed by atoms with Crippen molar-refractivity contribution in [2.75, 3.05) is 13.1 Å². The fraction of sp³-hybridized carbons (Fsp3) is 0.533. The molecule has 0 amide bonds. The fourth-order valence-electron chi connectivity index (χ4n) is 2.68. The summed E-state index contributed by atoms with van der Waals surface area (Å²) in [6, 6.07) is 13.1. The zero-order chi connectivity index (χ0) is 12.1. The molecule has 1 aliphatic heterocycles. The van der Waals surface area contributed by atoms with Gasteiger partial charge in [0, 0.05) is 13.1 Å². The van der Waals surface area contributed by atoms with E-state index in [4.69, 9.17) is 5.26 Å². The molecule has 0 aliphatic carbocycles. The van der Waals surface area contributed by atoms with Gasteiger partial charge in [-0.1, -0.05) is 43.7 Å². The van der Waals surface area contributed by atoms with Gasteiger partial charge >= 0.3 is 0 Å². The molecule has 1 aromatic carbocycles. The Bertz CT molecular complexity index is 380. The van der Waals surface area contributed by atoms with Crippen LogP contribution in [0.4, 0.5) is 0 Å². The summed E-state index contributed by atoms with van der Waals surface area (Å²) in [7, 11) is 0. The number of nitrogens with zero attached hydrogens (tertiary/aromatic N) is 2. The zero-order valence-electron chi connectivity index (χ0n) is 10.5. The number of benzene rings is 1. The van der Waals surface area contributed by atoms with Crippen LogP contribution in [0, 0.1) is 23.2 Å². The minimum atomic E-state index is 0.270. The Balaban J connectivity index is 1.94. The van der Waals surface area contributed by atoms with E-state index in [-0.39, 0.29) is 5.92 Å². The Morgan fingerprint density at radius 2 is 2.12 bits per heavy atom. The van der Waals surface area contributed by atoms with Crippen molar-refractivity contribution >= 4 is 0 Å². The van der Waals surface area contributed by atoms with E-state index in [1.165, 1.54) is 5.56 Å². The zero-order valence-corrected chi connectivity index (χ0v) is 10.5. The van der Waals surface area contributed by atoms with E-state index in [9.17, 15) is 0 Å². The molecule has 1 fully saturated rings. The second kappa shape index (κ2) is 5.84. The van der Waals surface area contributed by atoms with Crippen LogP contribution in [0.1, 0.15) is 25.3 Å². The van der Waals surface area contributed by atoms with Crippen LogP contribution in [-0.4, -0.2) is 18.0 Å². The van der Waals surface area contributed by atoms with Gasteiger partial charge in [0.2, 0.25) is 0 Å². The van der Waals surface area contributed by atoms with Crippen LogP contribution < -0.4 is 0 Å². The van der Waals surface area contributed by atoms with Gasteiger partial charge in [-0.25, -0.2) is 0 Å². The summed E-state index contributed by atoms with van der Waals surface area (Å²) in [5.74, 6) is 0.824. The molecule has 0 aromatic heterocycles. The van der Waals surface area contributed by atoms with Crippen molar-refractivity contribution in [1.29, 1.82) is 5.26 Å². The van der Waals surface area contributed by atoms with E-state index >= 15 is 0 Å². The highest BCUT2D eigenvalue weighted by Gasteiger charge is 2.27. The SMILES string of the molecule is CCC1CN(Cc2ccccc2)CCC1C#N. The van der Waals surface area contributed by atoms with Crippen molar-refractivity contribution in [3.05, 3.63) is 35.9 Å². The van der Waals surface area contributed by atoms with E-state index in [1.54, 1.807) is 0 Å². The number of piperidine rings is 1. The van der Waals surface area contributed by atoms with Crippen LogP contribution in [0.15, 0.2) is 30.3 Å². The Morgan fingerprint density at radius 3 is 2.76 bits per heavy atom. The molecule has 90 valence electrons. The molecular formula is C15H20N2. The van der Waals surface area contributed by atoms with Crippen molar-refractivity contribution in [3.8, 4) is 6.07 Å². The summed E-state index contributed by atoms with van der Waals surface area (Å²) in [4.78, 5) is 2.48. The minimum absolute atomic E-state index is 0.270. The third-order valence-electron chi connectivity index (χ3n) is 3.76. The Morgan fingerprint density at radius 1 is 1.35 bits per heavy atom. The van der Waals surface area contributed by atoms with Gasteiger partial charge in [-0.05, 0) is 24.4 Å². The van der Waals surface area contributed by atoms with Crippen molar-refractivity contribution in [2.45, 2.75) is 26.3 Å². The summed E-state index contributed by atoms with van der Waals surface area (Å²) >= 11 is 0. The molecule has 1 heterocycles. The molecule has 2 rings (SSSR count). The molecule has 2 heteroatoms. The van der Waals surface area contributed by atoms with E-state index in [2.05, 4.69) is 48.2 Å². The molecular weight excluding hydrogens is 208 g/mol. The van der Waals surface area contributed by atoms with Gasteiger partial charge in [0.1, 0.15) is 0 Å². The van der Waals surface area contributed by atoms with Crippen LogP contribution in [0.5, 0.6) is 0 Å². The van der Waals surface area contributed by atoms with Gasteiger partial charge in [0.05, 0.1) is 12.0 Å². The normalized spacial score (nSPS) is 25.4. The molecule has 1 aliphatic rings. The minimum Gasteiger partial charge on any atom is -0.299 e. The number of likely N-dealkylation sites (tertiary alicyclic amines) is 1. The molecule has 1 aromatic rings. The Hall–Kier alpha value is -1.33. The van der Waals surface area contributed by atoms with Gasteiger partial charge in [0.25, 0.3) is 0 Å². The molecule has 2 nitrogen and oxygen atoms in total. The summed E-state index contributed by atoms with van der Waals surface area (Å²) in [5.41, 5.74) is 1.37. The van der Waals surface area contributed by atoms with Crippen molar-refractivity contribution in [2.24, 2.45) is 11.8 Å². The van der Waals surface area contributed by atoms with E-state index in [1.807, 2.05) is 0 Å². The smallest absolute Gasteiger partial charge is 0.0659 e. The molecule has 17 heavy (non-hydrogen) atoms. The first-order valence-corrected chi connectivity index (χ1v) is 6.49. The molecule has 0 N–H and O–H groups in total. The lowest BCUT2D eigenvalue weighted by atomic mass is 9.85. The maximum atomic E-state index is 9.10. The number of hydrogen-bond acceptors (Lipinski definition) is 2.